The van der Waals surface area contributed by atoms with E-state index in [1.54, 1.807) is 37.6 Å². The van der Waals surface area contributed by atoms with E-state index in [-0.39, 0.29) is 12.3 Å². The van der Waals surface area contributed by atoms with Gasteiger partial charge in [-0.25, -0.2) is 0 Å². The van der Waals surface area contributed by atoms with Crippen molar-refractivity contribution in [1.82, 2.24) is 9.88 Å². The van der Waals surface area contributed by atoms with Crippen molar-refractivity contribution in [3.63, 3.8) is 0 Å². The first kappa shape index (κ1) is 25.5. The Morgan fingerprint density at radius 1 is 1.31 bits per heavy atom. The minimum absolute atomic E-state index is 0.101. The minimum atomic E-state index is -0.745. The standard InChI is InChI=1S/C27H34N2O5S/c1-33-21-4-5-25-24(16-21)23(7-10-28-25)26(30)6-3-19-8-12-29(17-20(19)15-27(31)32)11-2-14-35-22-9-13-34-18-22/h4-5,7,9-10,13,16,18-20,26,30H,2-3,6,8,11-12,14-15,17H2,1H3,(H,31,32)/t19-,20+,26-/m1/s1. The van der Waals surface area contributed by atoms with Gasteiger partial charge in [-0.1, -0.05) is 0 Å². The predicted octanol–water partition coefficient (Wildman–Crippen LogP) is 5.25. The molecule has 188 valence electrons. The number of aliphatic hydroxyl groups excluding tert-OH is 1. The number of pyridine rings is 1. The van der Waals surface area contributed by atoms with Gasteiger partial charge in [0.15, 0.2) is 0 Å². The Labute approximate surface area is 210 Å². The molecule has 8 heteroatoms. The fourth-order valence-corrected chi connectivity index (χ4v) is 5.88. The first-order valence-electron chi connectivity index (χ1n) is 12.2. The molecule has 0 saturated carbocycles. The van der Waals surface area contributed by atoms with Gasteiger partial charge in [0.2, 0.25) is 0 Å². The lowest BCUT2D eigenvalue weighted by Crippen LogP contribution is -2.42. The number of furan rings is 1. The van der Waals surface area contributed by atoms with Gasteiger partial charge in [-0.15, -0.1) is 11.8 Å². The van der Waals surface area contributed by atoms with Crippen LogP contribution in [0.4, 0.5) is 0 Å². The number of ether oxygens (including phenoxy) is 1. The molecule has 7 nitrogen and oxygen atoms in total. The van der Waals surface area contributed by atoms with Crippen molar-refractivity contribution in [2.45, 2.75) is 43.1 Å². The van der Waals surface area contributed by atoms with Gasteiger partial charge in [-0.2, -0.15) is 0 Å². The molecule has 0 spiro atoms. The molecule has 3 atom stereocenters. The number of aromatic nitrogens is 1. The number of methoxy groups -OCH3 is 1. The van der Waals surface area contributed by atoms with E-state index in [1.807, 2.05) is 30.3 Å². The van der Waals surface area contributed by atoms with E-state index in [9.17, 15) is 15.0 Å². The topological polar surface area (TPSA) is 96.0 Å². The van der Waals surface area contributed by atoms with E-state index < -0.39 is 12.1 Å². The van der Waals surface area contributed by atoms with Crippen LogP contribution in [0.3, 0.4) is 0 Å². The van der Waals surface area contributed by atoms with E-state index in [4.69, 9.17) is 9.15 Å². The molecule has 2 aromatic heterocycles. The van der Waals surface area contributed by atoms with Crippen molar-refractivity contribution in [2.75, 3.05) is 32.5 Å². The van der Waals surface area contributed by atoms with Gasteiger partial charge in [0.05, 0.1) is 25.0 Å². The fraction of sp³-hybridized carbons (Fsp3) is 0.481. The number of thioether (sulfide) groups is 1. The van der Waals surface area contributed by atoms with Crippen LogP contribution in [0.1, 0.15) is 43.8 Å². The van der Waals surface area contributed by atoms with Gasteiger partial charge in [0.25, 0.3) is 0 Å². The summed E-state index contributed by atoms with van der Waals surface area (Å²) >= 11 is 1.79. The number of aliphatic hydroxyl groups is 1. The first-order chi connectivity index (χ1) is 17.0. The molecule has 1 saturated heterocycles. The molecule has 1 aliphatic rings. The highest BCUT2D eigenvalue weighted by molar-refractivity contribution is 7.99. The molecule has 1 aliphatic heterocycles. The highest BCUT2D eigenvalue weighted by Crippen LogP contribution is 2.35. The predicted molar refractivity (Wildman–Crippen MR) is 137 cm³/mol. The number of likely N-dealkylation sites (tertiary alicyclic amines) is 1. The maximum absolute atomic E-state index is 11.6. The number of rotatable bonds is 12. The molecule has 3 aromatic rings. The highest BCUT2D eigenvalue weighted by Gasteiger charge is 2.31. The Morgan fingerprint density at radius 2 is 2.20 bits per heavy atom. The van der Waals surface area contributed by atoms with E-state index in [1.165, 1.54) is 0 Å². The quantitative estimate of drug-likeness (QED) is 0.258. The number of carboxylic acids is 1. The van der Waals surface area contributed by atoms with Gasteiger partial charge in [0.1, 0.15) is 12.0 Å². The van der Waals surface area contributed by atoms with Gasteiger partial charge < -0.3 is 24.3 Å². The van der Waals surface area contributed by atoms with E-state index in [0.717, 1.165) is 71.8 Å². The van der Waals surface area contributed by atoms with Crippen LogP contribution in [0.5, 0.6) is 5.75 Å². The van der Waals surface area contributed by atoms with Crippen LogP contribution in [0.2, 0.25) is 0 Å². The number of aliphatic carboxylic acids is 1. The van der Waals surface area contributed by atoms with Gasteiger partial charge in [0, 0.05) is 29.4 Å². The molecule has 4 rings (SSSR count). The maximum atomic E-state index is 11.6. The number of piperidine rings is 1. The zero-order chi connectivity index (χ0) is 24.6. The Balaban J connectivity index is 1.32. The second-order valence-electron chi connectivity index (χ2n) is 9.24. The summed E-state index contributed by atoms with van der Waals surface area (Å²) < 4.78 is 10.5. The third-order valence-electron chi connectivity index (χ3n) is 6.95. The number of hydrogen-bond acceptors (Lipinski definition) is 7. The number of carbonyl (C=O) groups is 1. The molecular weight excluding hydrogens is 464 g/mol. The molecule has 35 heavy (non-hydrogen) atoms. The molecule has 1 aromatic carbocycles. The number of fused-ring (bicyclic) bond motifs is 1. The molecule has 0 amide bonds. The van der Waals surface area contributed by atoms with Crippen molar-refractivity contribution in [2.24, 2.45) is 11.8 Å². The van der Waals surface area contributed by atoms with Gasteiger partial charge in [-0.3, -0.25) is 9.78 Å². The van der Waals surface area contributed by atoms with E-state index in [0.29, 0.717) is 12.3 Å². The number of hydrogen-bond donors (Lipinski definition) is 2. The smallest absolute Gasteiger partial charge is 0.303 e. The van der Waals surface area contributed by atoms with Crippen LogP contribution < -0.4 is 4.74 Å². The molecule has 0 radical (unpaired) electrons. The molecule has 2 N–H and O–H groups in total. The SMILES string of the molecule is COc1ccc2nccc([C@H](O)CC[C@@H]3CCN(CCCSc4ccoc4)C[C@@H]3CC(=O)O)c2c1. The number of carboxylic acid groups (broad SMARTS) is 1. The Bertz CT molecular complexity index is 1090. The Hall–Kier alpha value is -2.55. The van der Waals surface area contributed by atoms with Crippen molar-refractivity contribution in [3.05, 3.63) is 54.6 Å². The maximum Gasteiger partial charge on any atom is 0.303 e. The summed E-state index contributed by atoms with van der Waals surface area (Å²) in [6.07, 6.45) is 8.14. The summed E-state index contributed by atoms with van der Waals surface area (Å²) in [6.45, 7) is 2.75. The molecule has 0 bridgehead atoms. The lowest BCUT2D eigenvalue weighted by atomic mass is 9.79. The Morgan fingerprint density at radius 3 is 2.97 bits per heavy atom. The van der Waals surface area contributed by atoms with Crippen LogP contribution >= 0.6 is 11.8 Å². The summed E-state index contributed by atoms with van der Waals surface area (Å²) in [7, 11) is 1.63. The van der Waals surface area contributed by atoms with Crippen molar-refractivity contribution in [3.8, 4) is 5.75 Å². The van der Waals surface area contributed by atoms with Crippen LogP contribution in [0.25, 0.3) is 10.9 Å². The average molecular weight is 499 g/mol. The van der Waals surface area contributed by atoms with Gasteiger partial charge in [-0.05, 0) is 92.3 Å². The van der Waals surface area contributed by atoms with E-state index >= 15 is 0 Å². The summed E-state index contributed by atoms with van der Waals surface area (Å²) in [6, 6.07) is 9.52. The second-order valence-corrected chi connectivity index (χ2v) is 10.4. The van der Waals surface area contributed by atoms with E-state index in [2.05, 4.69) is 9.88 Å². The molecule has 0 aliphatic carbocycles. The summed E-state index contributed by atoms with van der Waals surface area (Å²) in [4.78, 5) is 19.5. The molecule has 0 unspecified atom stereocenters. The number of nitrogens with zero attached hydrogens (tertiary/aromatic N) is 2. The molecule has 3 heterocycles. The Kier molecular flexibility index (Phi) is 9.06. The van der Waals surface area contributed by atoms with Crippen molar-refractivity contribution >= 4 is 28.6 Å². The van der Waals surface area contributed by atoms with Crippen molar-refractivity contribution < 1.29 is 24.2 Å². The largest absolute Gasteiger partial charge is 0.497 e. The average Bonchev–Trinajstić information content (AvgIpc) is 3.38. The zero-order valence-electron chi connectivity index (χ0n) is 20.1. The van der Waals surface area contributed by atoms with Crippen LogP contribution in [0, 0.1) is 11.8 Å². The first-order valence-corrected chi connectivity index (χ1v) is 13.2. The van der Waals surface area contributed by atoms with Gasteiger partial charge >= 0.3 is 5.97 Å². The fourth-order valence-electron chi connectivity index (χ4n) is 5.10. The highest BCUT2D eigenvalue weighted by atomic mass is 32.2. The molecular formula is C27H34N2O5S. The summed E-state index contributed by atoms with van der Waals surface area (Å²) in [5.74, 6) is 1.39. The van der Waals surface area contributed by atoms with Crippen LogP contribution in [-0.2, 0) is 4.79 Å². The normalized spacial score (nSPS) is 19.6. The summed E-state index contributed by atoms with van der Waals surface area (Å²) in [5, 5.41) is 21.5. The minimum Gasteiger partial charge on any atom is -0.497 e. The third kappa shape index (κ3) is 6.99. The second kappa shape index (κ2) is 12.4. The lowest BCUT2D eigenvalue weighted by Gasteiger charge is -2.38. The molecule has 1 fully saturated rings. The monoisotopic (exact) mass is 498 g/mol. The number of benzene rings is 1. The lowest BCUT2D eigenvalue weighted by molar-refractivity contribution is -0.139. The third-order valence-corrected chi connectivity index (χ3v) is 8.01. The van der Waals surface area contributed by atoms with Crippen LogP contribution in [0.15, 0.2) is 58.4 Å². The van der Waals surface area contributed by atoms with Crippen LogP contribution in [-0.4, -0.2) is 58.6 Å². The summed E-state index contributed by atoms with van der Waals surface area (Å²) in [5.41, 5.74) is 1.67. The van der Waals surface area contributed by atoms with Crippen molar-refractivity contribution in [1.29, 1.82) is 0 Å². The zero-order valence-corrected chi connectivity index (χ0v) is 21.0.